The summed E-state index contributed by atoms with van der Waals surface area (Å²) in [5, 5.41) is 0. The van der Waals surface area contributed by atoms with Crippen LogP contribution in [0.1, 0.15) is 31.2 Å². The normalized spacial score (nSPS) is 16.2. The van der Waals surface area contributed by atoms with E-state index in [4.69, 9.17) is 14.7 Å². The number of carbonyl (C=O) groups is 1. The molecule has 0 atom stereocenters. The molecule has 2 aliphatic rings. The highest BCUT2D eigenvalue weighted by molar-refractivity contribution is 5.74. The SMILES string of the molecule is CC(=O)N1CCc2nc(N3CCC(Oc4ccc(F)cc4F)CC3)c(-c3ccc[nH]c3=O)nc2C1. The van der Waals surface area contributed by atoms with Gasteiger partial charge in [0.05, 0.1) is 23.5 Å². The van der Waals surface area contributed by atoms with Crippen molar-refractivity contribution in [2.24, 2.45) is 0 Å². The quantitative estimate of drug-likeness (QED) is 0.616. The molecule has 1 saturated heterocycles. The van der Waals surface area contributed by atoms with Gasteiger partial charge in [-0.05, 0) is 24.3 Å². The van der Waals surface area contributed by atoms with Crippen LogP contribution in [-0.4, -0.2) is 51.5 Å². The second kappa shape index (κ2) is 9.44. The van der Waals surface area contributed by atoms with Gasteiger partial charge in [-0.3, -0.25) is 9.59 Å². The van der Waals surface area contributed by atoms with Crippen molar-refractivity contribution in [2.45, 2.75) is 38.8 Å². The van der Waals surface area contributed by atoms with E-state index in [2.05, 4.69) is 9.88 Å². The fourth-order valence-corrected chi connectivity index (χ4v) is 4.54. The van der Waals surface area contributed by atoms with E-state index in [-0.39, 0.29) is 23.3 Å². The van der Waals surface area contributed by atoms with Crippen molar-refractivity contribution in [3.63, 3.8) is 0 Å². The molecule has 0 unspecified atom stereocenters. The van der Waals surface area contributed by atoms with E-state index in [1.165, 1.54) is 19.1 Å². The molecule has 1 fully saturated rings. The minimum atomic E-state index is -0.724. The predicted octanol–water partition coefficient (Wildman–Crippen LogP) is 3.06. The fourth-order valence-electron chi connectivity index (χ4n) is 4.54. The van der Waals surface area contributed by atoms with Crippen LogP contribution in [0.15, 0.2) is 41.3 Å². The van der Waals surface area contributed by atoms with Crippen LogP contribution in [0, 0.1) is 11.6 Å². The van der Waals surface area contributed by atoms with Crippen LogP contribution in [0.2, 0.25) is 0 Å². The van der Waals surface area contributed by atoms with E-state index >= 15 is 0 Å². The van der Waals surface area contributed by atoms with Crippen molar-refractivity contribution >= 4 is 11.7 Å². The van der Waals surface area contributed by atoms with Crippen LogP contribution >= 0.6 is 0 Å². The van der Waals surface area contributed by atoms with Gasteiger partial charge in [-0.1, -0.05) is 0 Å². The van der Waals surface area contributed by atoms with Crippen LogP contribution < -0.4 is 15.2 Å². The van der Waals surface area contributed by atoms with Gasteiger partial charge in [0.1, 0.15) is 17.6 Å². The zero-order valence-corrected chi connectivity index (χ0v) is 19.3. The van der Waals surface area contributed by atoms with Gasteiger partial charge in [0.25, 0.3) is 5.56 Å². The summed E-state index contributed by atoms with van der Waals surface area (Å²) in [6.45, 7) is 3.59. The highest BCUT2D eigenvalue weighted by Gasteiger charge is 2.29. The Kier molecular flexibility index (Phi) is 6.19. The number of amides is 1. The molecule has 182 valence electrons. The third-order valence-electron chi connectivity index (χ3n) is 6.44. The standard InChI is InChI=1S/C25H25F2N5O3/c1-15(33)32-12-8-20-21(14-32)29-23(18-3-2-9-28-25(18)34)24(30-20)31-10-6-17(7-11-31)35-22-5-4-16(26)13-19(22)27/h2-5,9,13,17H,6-8,10-12,14H2,1H3,(H,28,34). The molecule has 1 aromatic carbocycles. The number of H-pyrrole nitrogens is 1. The third-order valence-corrected chi connectivity index (χ3v) is 6.44. The van der Waals surface area contributed by atoms with E-state index in [1.807, 2.05) is 0 Å². The lowest BCUT2D eigenvalue weighted by Gasteiger charge is -2.35. The molecule has 4 heterocycles. The minimum Gasteiger partial charge on any atom is -0.487 e. The number of halogens is 2. The maximum atomic E-state index is 14.0. The molecular formula is C25H25F2N5O3. The molecule has 8 nitrogen and oxygen atoms in total. The van der Waals surface area contributed by atoms with Crippen molar-refractivity contribution in [3.8, 4) is 17.0 Å². The Balaban J connectivity index is 1.42. The summed E-state index contributed by atoms with van der Waals surface area (Å²) >= 11 is 0. The summed E-state index contributed by atoms with van der Waals surface area (Å²) in [5.41, 5.74) is 2.12. The molecule has 0 bridgehead atoms. The first-order valence-corrected chi connectivity index (χ1v) is 11.6. The van der Waals surface area contributed by atoms with Gasteiger partial charge in [-0.25, -0.2) is 18.7 Å². The number of carbonyl (C=O) groups excluding carboxylic acids is 1. The number of pyridine rings is 1. The van der Waals surface area contributed by atoms with Gasteiger partial charge in [0.15, 0.2) is 17.4 Å². The summed E-state index contributed by atoms with van der Waals surface area (Å²) in [4.78, 5) is 40.7. The number of nitrogens with zero attached hydrogens (tertiary/aromatic N) is 4. The topological polar surface area (TPSA) is 91.4 Å². The van der Waals surface area contributed by atoms with Crippen LogP contribution in [-0.2, 0) is 17.8 Å². The van der Waals surface area contributed by atoms with Gasteiger partial charge < -0.3 is 19.5 Å². The van der Waals surface area contributed by atoms with Crippen LogP contribution in [0.3, 0.4) is 0 Å². The van der Waals surface area contributed by atoms with E-state index in [1.54, 1.807) is 23.2 Å². The number of nitrogens with one attached hydrogen (secondary N) is 1. The zero-order valence-electron chi connectivity index (χ0n) is 19.3. The van der Waals surface area contributed by atoms with Crippen LogP contribution in [0.5, 0.6) is 5.75 Å². The Morgan fingerprint density at radius 2 is 1.91 bits per heavy atom. The molecule has 0 aliphatic carbocycles. The Bertz CT molecular complexity index is 1320. The lowest BCUT2D eigenvalue weighted by atomic mass is 10.0. The summed E-state index contributed by atoms with van der Waals surface area (Å²) in [5.74, 6) is -0.753. The Labute approximate surface area is 200 Å². The first-order valence-electron chi connectivity index (χ1n) is 11.6. The van der Waals surface area contributed by atoms with Crippen molar-refractivity contribution in [3.05, 3.63) is 69.9 Å². The highest BCUT2D eigenvalue weighted by Crippen LogP contribution is 2.31. The summed E-state index contributed by atoms with van der Waals surface area (Å²) < 4.78 is 33.0. The fraction of sp³-hybridized carbons (Fsp3) is 0.360. The summed E-state index contributed by atoms with van der Waals surface area (Å²) in [6, 6.07) is 6.73. The van der Waals surface area contributed by atoms with Crippen LogP contribution in [0.25, 0.3) is 11.3 Å². The number of hydrogen-bond acceptors (Lipinski definition) is 6. The molecule has 3 aromatic rings. The Hall–Kier alpha value is -3.82. The number of rotatable bonds is 4. The molecule has 2 aromatic heterocycles. The van der Waals surface area contributed by atoms with Gasteiger partial charge in [-0.2, -0.15) is 0 Å². The second-order valence-corrected chi connectivity index (χ2v) is 8.77. The van der Waals surface area contributed by atoms with Gasteiger partial charge in [0, 0.05) is 58.1 Å². The predicted molar refractivity (Wildman–Crippen MR) is 125 cm³/mol. The molecule has 5 rings (SSSR count). The largest absolute Gasteiger partial charge is 0.487 e. The number of ether oxygens (including phenoxy) is 1. The van der Waals surface area contributed by atoms with Crippen molar-refractivity contribution in [2.75, 3.05) is 24.5 Å². The Morgan fingerprint density at radius 1 is 1.11 bits per heavy atom. The van der Waals surface area contributed by atoms with Gasteiger partial charge in [-0.15, -0.1) is 0 Å². The number of anilines is 1. The molecule has 10 heteroatoms. The average molecular weight is 482 g/mol. The number of hydrogen-bond donors (Lipinski definition) is 1. The number of aromatic amines is 1. The average Bonchev–Trinajstić information content (AvgIpc) is 2.85. The highest BCUT2D eigenvalue weighted by atomic mass is 19.1. The van der Waals surface area contributed by atoms with E-state index < -0.39 is 11.6 Å². The first-order chi connectivity index (χ1) is 16.9. The second-order valence-electron chi connectivity index (χ2n) is 8.77. The van der Waals surface area contributed by atoms with Gasteiger partial charge >= 0.3 is 0 Å². The molecule has 0 spiro atoms. The Morgan fingerprint density at radius 3 is 2.63 bits per heavy atom. The van der Waals surface area contributed by atoms with E-state index in [9.17, 15) is 18.4 Å². The first kappa shape index (κ1) is 22.9. The molecule has 1 amide bonds. The van der Waals surface area contributed by atoms with Crippen molar-refractivity contribution in [1.29, 1.82) is 0 Å². The molecule has 35 heavy (non-hydrogen) atoms. The lowest BCUT2D eigenvalue weighted by Crippen LogP contribution is -2.40. The maximum absolute atomic E-state index is 14.0. The minimum absolute atomic E-state index is 0.0275. The summed E-state index contributed by atoms with van der Waals surface area (Å²) in [7, 11) is 0. The number of piperidine rings is 1. The molecule has 0 saturated carbocycles. The monoisotopic (exact) mass is 481 g/mol. The van der Waals surface area contributed by atoms with Crippen molar-refractivity contribution in [1.82, 2.24) is 19.9 Å². The van der Waals surface area contributed by atoms with Crippen molar-refractivity contribution < 1.29 is 18.3 Å². The molecule has 2 aliphatic heterocycles. The summed E-state index contributed by atoms with van der Waals surface area (Å²) in [6.07, 6.45) is 3.11. The smallest absolute Gasteiger partial charge is 0.257 e. The number of fused-ring (bicyclic) bond motifs is 1. The molecular weight excluding hydrogens is 456 g/mol. The molecule has 1 N–H and O–H groups in total. The van der Waals surface area contributed by atoms with Crippen LogP contribution in [0.4, 0.5) is 14.6 Å². The number of benzene rings is 1. The third kappa shape index (κ3) is 4.73. The number of aromatic nitrogens is 3. The lowest BCUT2D eigenvalue weighted by molar-refractivity contribution is -0.129. The molecule has 0 radical (unpaired) electrons. The zero-order chi connectivity index (χ0) is 24.5. The van der Waals surface area contributed by atoms with Gasteiger partial charge in [0.2, 0.25) is 5.91 Å². The maximum Gasteiger partial charge on any atom is 0.257 e. The van der Waals surface area contributed by atoms with E-state index in [0.717, 1.165) is 11.8 Å². The van der Waals surface area contributed by atoms with E-state index in [0.29, 0.717) is 68.2 Å².